The van der Waals surface area contributed by atoms with E-state index in [4.69, 9.17) is 4.74 Å². The third-order valence-electron chi connectivity index (χ3n) is 3.50. The summed E-state index contributed by atoms with van der Waals surface area (Å²) in [5.74, 6) is 0.158. The van der Waals surface area contributed by atoms with Crippen LogP contribution in [0.15, 0.2) is 48.5 Å². The predicted molar refractivity (Wildman–Crippen MR) is 93.2 cm³/mol. The summed E-state index contributed by atoms with van der Waals surface area (Å²) in [7, 11) is 0. The van der Waals surface area contributed by atoms with Gasteiger partial charge in [0.15, 0.2) is 5.69 Å². The number of esters is 1. The number of hydrogen-bond acceptors (Lipinski definition) is 4. The lowest BCUT2D eigenvalue weighted by atomic mass is 10.1. The Labute approximate surface area is 139 Å². The van der Waals surface area contributed by atoms with Gasteiger partial charge in [-0.15, -0.1) is 11.3 Å². The molecule has 0 amide bonds. The molecule has 3 nitrogen and oxygen atoms in total. The zero-order valence-corrected chi connectivity index (χ0v) is 14.1. The molecule has 116 valence electrons. The second-order valence-corrected chi connectivity index (χ2v) is 6.64. The van der Waals surface area contributed by atoms with Crippen LogP contribution in [-0.2, 0) is 0 Å². The summed E-state index contributed by atoms with van der Waals surface area (Å²) in [5, 5.41) is 0.844. The first-order valence-corrected chi connectivity index (χ1v) is 8.18. The maximum Gasteiger partial charge on any atom is 0.363 e. The molecule has 0 bridgehead atoms. The van der Waals surface area contributed by atoms with Gasteiger partial charge in [0.1, 0.15) is 5.75 Å². The average Bonchev–Trinajstić information content (AvgIpc) is 2.93. The Bertz CT molecular complexity index is 853. The smallest absolute Gasteiger partial charge is 0.363 e. The zero-order chi connectivity index (χ0) is 16.4. The molecule has 0 spiro atoms. The third-order valence-corrected chi connectivity index (χ3v) is 4.52. The second kappa shape index (κ2) is 6.34. The van der Waals surface area contributed by atoms with Crippen molar-refractivity contribution in [2.45, 2.75) is 20.8 Å². The number of nitrogens with zero attached hydrogens (tertiary/aromatic N) is 1. The summed E-state index contributed by atoms with van der Waals surface area (Å²) in [5.41, 5.74) is 3.42. The van der Waals surface area contributed by atoms with Crippen molar-refractivity contribution < 1.29 is 9.53 Å². The molecule has 0 saturated heterocycles. The molecular weight excluding hydrogens is 306 g/mol. The molecular formula is C19H17NO2S. The molecule has 1 aromatic heterocycles. The Morgan fingerprint density at radius 2 is 1.78 bits per heavy atom. The van der Waals surface area contributed by atoms with Gasteiger partial charge in [0.25, 0.3) is 0 Å². The van der Waals surface area contributed by atoms with Crippen molar-refractivity contribution in [1.82, 2.24) is 4.98 Å². The largest absolute Gasteiger partial charge is 0.421 e. The number of hydrogen-bond donors (Lipinski definition) is 0. The highest BCUT2D eigenvalue weighted by Gasteiger charge is 2.20. The van der Waals surface area contributed by atoms with Crippen LogP contribution < -0.4 is 4.74 Å². The molecule has 3 rings (SSSR count). The normalized spacial score (nSPS) is 10.6. The van der Waals surface area contributed by atoms with E-state index in [9.17, 15) is 4.79 Å². The molecule has 0 aliphatic carbocycles. The summed E-state index contributed by atoms with van der Waals surface area (Å²) in [4.78, 5) is 17.8. The Hall–Kier alpha value is -2.46. The highest BCUT2D eigenvalue weighted by atomic mass is 32.1. The lowest BCUT2D eigenvalue weighted by Gasteiger charge is -2.08. The first-order valence-electron chi connectivity index (χ1n) is 7.37. The van der Waals surface area contributed by atoms with Crippen molar-refractivity contribution in [3.05, 3.63) is 70.4 Å². The van der Waals surface area contributed by atoms with Gasteiger partial charge in [-0.3, -0.25) is 0 Å². The fraction of sp³-hybridized carbons (Fsp3) is 0.158. The summed E-state index contributed by atoms with van der Waals surface area (Å²) < 4.78 is 5.57. The molecule has 0 radical (unpaired) electrons. The minimum absolute atomic E-state index is 0.374. The van der Waals surface area contributed by atoms with E-state index in [1.807, 2.05) is 69.3 Å². The fourth-order valence-corrected chi connectivity index (χ4v) is 3.32. The highest BCUT2D eigenvalue weighted by molar-refractivity contribution is 7.15. The van der Waals surface area contributed by atoms with Crippen LogP contribution in [0.4, 0.5) is 0 Å². The molecule has 4 heteroatoms. The van der Waals surface area contributed by atoms with Gasteiger partial charge in [0.2, 0.25) is 0 Å². The molecule has 0 unspecified atom stereocenters. The number of rotatable bonds is 3. The van der Waals surface area contributed by atoms with E-state index >= 15 is 0 Å². The molecule has 1 heterocycles. The van der Waals surface area contributed by atoms with Gasteiger partial charge < -0.3 is 4.74 Å². The summed E-state index contributed by atoms with van der Waals surface area (Å²) in [6.07, 6.45) is 0. The minimum atomic E-state index is -0.417. The van der Waals surface area contributed by atoms with Crippen molar-refractivity contribution in [2.75, 3.05) is 0 Å². The van der Waals surface area contributed by atoms with Crippen LogP contribution in [0.5, 0.6) is 5.75 Å². The Kier molecular flexibility index (Phi) is 4.26. The molecule has 0 saturated carbocycles. The third kappa shape index (κ3) is 3.32. The molecule has 0 N–H and O–H groups in total. The van der Waals surface area contributed by atoms with Gasteiger partial charge in [0, 0.05) is 0 Å². The van der Waals surface area contributed by atoms with Crippen LogP contribution in [0.2, 0.25) is 0 Å². The van der Waals surface area contributed by atoms with Crippen LogP contribution in [-0.4, -0.2) is 11.0 Å². The first-order chi connectivity index (χ1) is 11.0. The summed E-state index contributed by atoms with van der Waals surface area (Å²) in [6.45, 7) is 5.83. The van der Waals surface area contributed by atoms with Crippen molar-refractivity contribution in [2.24, 2.45) is 0 Å². The van der Waals surface area contributed by atoms with E-state index < -0.39 is 5.97 Å². The maximum absolute atomic E-state index is 12.6. The van der Waals surface area contributed by atoms with Crippen LogP contribution >= 0.6 is 11.3 Å². The SMILES string of the molecule is Cc1ccc(OC(=O)c2nc(C)sc2-c2ccccc2)c(C)c1. The number of benzene rings is 2. The van der Waals surface area contributed by atoms with Gasteiger partial charge in [-0.1, -0.05) is 48.0 Å². The van der Waals surface area contributed by atoms with Crippen molar-refractivity contribution in [3.8, 4) is 16.2 Å². The highest BCUT2D eigenvalue weighted by Crippen LogP contribution is 2.31. The predicted octanol–water partition coefficient (Wildman–Crippen LogP) is 4.95. The van der Waals surface area contributed by atoms with Crippen molar-refractivity contribution in [1.29, 1.82) is 0 Å². The van der Waals surface area contributed by atoms with Crippen LogP contribution in [0.25, 0.3) is 10.4 Å². The Morgan fingerprint density at radius 1 is 1.04 bits per heavy atom. The lowest BCUT2D eigenvalue weighted by molar-refractivity contribution is 0.0729. The van der Waals surface area contributed by atoms with Crippen molar-refractivity contribution >= 4 is 17.3 Å². The molecule has 23 heavy (non-hydrogen) atoms. The molecule has 3 aromatic rings. The quantitative estimate of drug-likeness (QED) is 0.505. The van der Waals surface area contributed by atoms with Gasteiger partial charge in [-0.05, 0) is 38.0 Å². The topological polar surface area (TPSA) is 39.2 Å². The van der Waals surface area contributed by atoms with E-state index in [1.165, 1.54) is 11.3 Å². The van der Waals surface area contributed by atoms with Gasteiger partial charge in [-0.25, -0.2) is 9.78 Å². The van der Waals surface area contributed by atoms with Crippen LogP contribution in [0.3, 0.4) is 0 Å². The number of carbonyl (C=O) groups excluding carboxylic acids is 1. The molecule has 0 atom stereocenters. The second-order valence-electron chi connectivity index (χ2n) is 5.44. The number of thiazole rings is 1. The summed E-state index contributed by atoms with van der Waals surface area (Å²) in [6, 6.07) is 15.5. The Morgan fingerprint density at radius 3 is 2.48 bits per heavy atom. The van der Waals surface area contributed by atoms with Gasteiger partial charge in [-0.2, -0.15) is 0 Å². The molecule has 0 aliphatic rings. The lowest BCUT2D eigenvalue weighted by Crippen LogP contribution is -2.11. The van der Waals surface area contributed by atoms with Crippen LogP contribution in [0.1, 0.15) is 26.6 Å². The molecule has 0 fully saturated rings. The van der Waals surface area contributed by atoms with Crippen molar-refractivity contribution in [3.63, 3.8) is 0 Å². The van der Waals surface area contributed by atoms with E-state index in [1.54, 1.807) is 0 Å². The molecule has 0 aliphatic heterocycles. The summed E-state index contributed by atoms with van der Waals surface area (Å²) >= 11 is 1.50. The maximum atomic E-state index is 12.6. The zero-order valence-electron chi connectivity index (χ0n) is 13.3. The Balaban J connectivity index is 1.94. The monoisotopic (exact) mass is 323 g/mol. The minimum Gasteiger partial charge on any atom is -0.421 e. The average molecular weight is 323 g/mol. The van der Waals surface area contributed by atoms with Gasteiger partial charge in [0.05, 0.1) is 9.88 Å². The number of aromatic nitrogens is 1. The first kappa shape index (κ1) is 15.4. The molecule has 2 aromatic carbocycles. The van der Waals surface area contributed by atoms with Gasteiger partial charge >= 0.3 is 5.97 Å². The van der Waals surface area contributed by atoms with E-state index in [-0.39, 0.29) is 0 Å². The standard InChI is InChI=1S/C19H17NO2S/c1-12-9-10-16(13(2)11-12)22-19(21)17-18(23-14(3)20-17)15-7-5-4-6-8-15/h4-11H,1-3H3. The number of ether oxygens (including phenoxy) is 1. The van der Waals surface area contributed by atoms with E-state index in [0.29, 0.717) is 11.4 Å². The number of aryl methyl sites for hydroxylation is 3. The number of carbonyl (C=O) groups is 1. The van der Waals surface area contributed by atoms with E-state index in [2.05, 4.69) is 4.98 Å². The van der Waals surface area contributed by atoms with E-state index in [0.717, 1.165) is 26.6 Å². The fourth-order valence-electron chi connectivity index (χ4n) is 2.41. The van der Waals surface area contributed by atoms with Crippen LogP contribution in [0, 0.1) is 20.8 Å².